The Kier molecular flexibility index (Phi) is 6.99. The fraction of sp³-hybridized carbons (Fsp3) is 0.462. The smallest absolute Gasteiger partial charge is 0.410 e. The fourth-order valence-corrected chi connectivity index (χ4v) is 5.33. The zero-order valence-corrected chi connectivity index (χ0v) is 20.4. The number of nitrogens with one attached hydrogen (secondary N) is 1. The summed E-state index contributed by atoms with van der Waals surface area (Å²) in [4.78, 5) is 29.0. The molecule has 182 valence electrons. The van der Waals surface area contributed by atoms with Crippen molar-refractivity contribution in [2.24, 2.45) is 5.92 Å². The maximum Gasteiger partial charge on any atom is 0.415 e. The second kappa shape index (κ2) is 9.64. The molecule has 0 radical (unpaired) electrons. The molecular weight excluding hydrogens is 459 g/mol. The monoisotopic (exact) mass is 488 g/mol. The Morgan fingerprint density at radius 2 is 1.82 bits per heavy atom. The average molecular weight is 489 g/mol. The molecule has 1 N–H and O–H groups in total. The number of hydrogen-bond donors (Lipinski definition) is 1. The standard InChI is InChI=1S/C26H30ClFN2O4/c1-25(2)14-18(12-13-33-25)23(31)26(16-29-15-22(26)17-4-6-19(27)7-5-17)30(3)24(32)34-21-10-8-20(28)9-11-21/h4-11,18,22,29H,12-16H2,1-3H3/t18?,22-,26+/m0/s1. The zero-order chi connectivity index (χ0) is 24.5. The van der Waals surface area contributed by atoms with Gasteiger partial charge in [0.25, 0.3) is 0 Å². The topological polar surface area (TPSA) is 67.9 Å². The Morgan fingerprint density at radius 1 is 1.15 bits per heavy atom. The van der Waals surface area contributed by atoms with Gasteiger partial charge in [-0.3, -0.25) is 9.69 Å². The number of carbonyl (C=O) groups is 2. The number of Topliss-reactive ketones (excluding diaryl/α,β-unsaturated/α-hetero) is 1. The molecule has 2 aliphatic heterocycles. The van der Waals surface area contributed by atoms with Gasteiger partial charge in [0.05, 0.1) is 5.60 Å². The lowest BCUT2D eigenvalue weighted by molar-refractivity contribution is -0.143. The van der Waals surface area contributed by atoms with Crippen molar-refractivity contribution >= 4 is 23.5 Å². The lowest BCUT2D eigenvalue weighted by Gasteiger charge is -2.45. The third-order valence-electron chi connectivity index (χ3n) is 6.98. The second-order valence-electron chi connectivity index (χ2n) is 9.70. The normalized spacial score (nSPS) is 26.1. The Labute approximate surface area is 204 Å². The number of nitrogens with zero attached hydrogens (tertiary/aromatic N) is 1. The van der Waals surface area contributed by atoms with Crippen LogP contribution in [0.25, 0.3) is 0 Å². The van der Waals surface area contributed by atoms with Gasteiger partial charge in [-0.05, 0) is 68.7 Å². The van der Waals surface area contributed by atoms with Crippen molar-refractivity contribution in [1.29, 1.82) is 0 Å². The van der Waals surface area contributed by atoms with E-state index >= 15 is 0 Å². The van der Waals surface area contributed by atoms with Crippen LogP contribution < -0.4 is 10.1 Å². The highest BCUT2D eigenvalue weighted by Gasteiger charge is 2.57. The highest BCUT2D eigenvalue weighted by molar-refractivity contribution is 6.30. The van der Waals surface area contributed by atoms with E-state index in [1.165, 1.54) is 29.2 Å². The van der Waals surface area contributed by atoms with Gasteiger partial charge >= 0.3 is 6.09 Å². The molecule has 4 rings (SSSR count). The van der Waals surface area contributed by atoms with Gasteiger partial charge in [-0.2, -0.15) is 0 Å². The summed E-state index contributed by atoms with van der Waals surface area (Å²) in [5, 5.41) is 3.94. The SMILES string of the molecule is CN(C(=O)Oc1ccc(F)cc1)[C@]1(C(=O)C2CCOC(C)(C)C2)CNC[C@H]1c1ccc(Cl)cc1. The highest BCUT2D eigenvalue weighted by atomic mass is 35.5. The molecule has 0 saturated carbocycles. The predicted octanol–water partition coefficient (Wildman–Crippen LogP) is 4.81. The van der Waals surface area contributed by atoms with E-state index in [1.54, 1.807) is 19.2 Å². The van der Waals surface area contributed by atoms with Crippen molar-refractivity contribution in [2.45, 2.75) is 43.7 Å². The summed E-state index contributed by atoms with van der Waals surface area (Å²) in [5.41, 5.74) is -0.673. The van der Waals surface area contributed by atoms with Crippen LogP contribution >= 0.6 is 11.6 Å². The summed E-state index contributed by atoms with van der Waals surface area (Å²) in [6.07, 6.45) is 0.494. The van der Waals surface area contributed by atoms with Crippen LogP contribution in [0.1, 0.15) is 38.2 Å². The van der Waals surface area contributed by atoms with Crippen molar-refractivity contribution < 1.29 is 23.5 Å². The first-order valence-corrected chi connectivity index (χ1v) is 11.9. The maximum atomic E-state index is 14.3. The number of hydrogen-bond acceptors (Lipinski definition) is 5. The first-order valence-electron chi connectivity index (χ1n) is 11.5. The summed E-state index contributed by atoms with van der Waals surface area (Å²) in [7, 11) is 1.60. The Morgan fingerprint density at radius 3 is 2.47 bits per heavy atom. The molecule has 2 fully saturated rings. The minimum atomic E-state index is -1.16. The van der Waals surface area contributed by atoms with Gasteiger partial charge in [-0.15, -0.1) is 0 Å². The van der Waals surface area contributed by atoms with E-state index < -0.39 is 23.1 Å². The van der Waals surface area contributed by atoms with Crippen molar-refractivity contribution in [2.75, 3.05) is 26.7 Å². The van der Waals surface area contributed by atoms with E-state index in [0.717, 1.165) is 5.56 Å². The molecule has 6 nitrogen and oxygen atoms in total. The predicted molar refractivity (Wildman–Crippen MR) is 128 cm³/mol. The zero-order valence-electron chi connectivity index (χ0n) is 19.6. The van der Waals surface area contributed by atoms with Crippen LogP contribution in [0.15, 0.2) is 48.5 Å². The minimum Gasteiger partial charge on any atom is -0.410 e. The molecule has 2 aromatic rings. The summed E-state index contributed by atoms with van der Waals surface area (Å²) >= 11 is 6.11. The van der Waals surface area contributed by atoms with Gasteiger partial charge in [0.1, 0.15) is 17.1 Å². The van der Waals surface area contributed by atoms with Crippen LogP contribution in [-0.2, 0) is 9.53 Å². The van der Waals surface area contributed by atoms with Crippen molar-refractivity contribution in [3.8, 4) is 5.75 Å². The number of ether oxygens (including phenoxy) is 2. The van der Waals surface area contributed by atoms with Crippen molar-refractivity contribution in [3.63, 3.8) is 0 Å². The number of ketones is 1. The molecule has 2 saturated heterocycles. The number of amides is 1. The first-order chi connectivity index (χ1) is 16.1. The second-order valence-corrected chi connectivity index (χ2v) is 10.1. The Hall–Kier alpha value is -2.48. The molecule has 0 spiro atoms. The molecule has 1 amide bonds. The van der Waals surface area contributed by atoms with Gasteiger partial charge in [-0.1, -0.05) is 23.7 Å². The van der Waals surface area contributed by atoms with E-state index in [-0.39, 0.29) is 23.4 Å². The van der Waals surface area contributed by atoms with Crippen LogP contribution in [0.4, 0.5) is 9.18 Å². The van der Waals surface area contributed by atoms with E-state index in [2.05, 4.69) is 5.32 Å². The quantitative estimate of drug-likeness (QED) is 0.654. The number of carbonyl (C=O) groups excluding carboxylic acids is 2. The van der Waals surface area contributed by atoms with Gasteiger partial charge in [0.2, 0.25) is 0 Å². The lowest BCUT2D eigenvalue weighted by Crippen LogP contribution is -2.62. The first kappa shape index (κ1) is 24.6. The van der Waals surface area contributed by atoms with Crippen LogP contribution in [0.3, 0.4) is 0 Å². The Bertz CT molecular complexity index is 1040. The molecule has 1 unspecified atom stereocenters. The lowest BCUT2D eigenvalue weighted by atomic mass is 9.71. The molecule has 0 bridgehead atoms. The fourth-order valence-electron chi connectivity index (χ4n) is 5.21. The van der Waals surface area contributed by atoms with Crippen molar-refractivity contribution in [3.05, 3.63) is 64.9 Å². The highest BCUT2D eigenvalue weighted by Crippen LogP contribution is 2.42. The molecule has 2 aliphatic rings. The van der Waals surface area contributed by atoms with Crippen LogP contribution in [0.5, 0.6) is 5.75 Å². The molecule has 8 heteroatoms. The van der Waals surface area contributed by atoms with Crippen LogP contribution in [0, 0.1) is 11.7 Å². The van der Waals surface area contributed by atoms with Gasteiger partial charge in [0, 0.05) is 43.6 Å². The average Bonchev–Trinajstić information content (AvgIpc) is 3.25. The van der Waals surface area contributed by atoms with E-state index in [9.17, 15) is 14.0 Å². The summed E-state index contributed by atoms with van der Waals surface area (Å²) in [6.45, 7) is 5.27. The van der Waals surface area contributed by atoms with Gasteiger partial charge in [-0.25, -0.2) is 9.18 Å². The summed E-state index contributed by atoms with van der Waals surface area (Å²) in [6, 6.07) is 12.6. The largest absolute Gasteiger partial charge is 0.415 e. The number of likely N-dealkylation sites (N-methyl/N-ethyl adjacent to an activating group) is 1. The van der Waals surface area contributed by atoms with Gasteiger partial charge < -0.3 is 14.8 Å². The number of benzene rings is 2. The van der Waals surface area contributed by atoms with Crippen LogP contribution in [-0.4, -0.2) is 54.7 Å². The Balaban J connectivity index is 1.71. The number of rotatable bonds is 5. The molecule has 0 aliphatic carbocycles. The van der Waals surface area contributed by atoms with Crippen molar-refractivity contribution in [1.82, 2.24) is 10.2 Å². The molecular formula is C26H30ClFN2O4. The van der Waals surface area contributed by atoms with Crippen LogP contribution in [0.2, 0.25) is 5.02 Å². The van der Waals surface area contributed by atoms with E-state index in [1.807, 2.05) is 26.0 Å². The van der Waals surface area contributed by atoms with E-state index in [0.29, 0.717) is 37.6 Å². The molecule has 0 aromatic heterocycles. The summed E-state index contributed by atoms with van der Waals surface area (Å²) < 4.78 is 24.7. The minimum absolute atomic E-state index is 0.00705. The number of halogens is 2. The van der Waals surface area contributed by atoms with Gasteiger partial charge in [0.15, 0.2) is 5.78 Å². The third kappa shape index (κ3) is 4.83. The molecule has 2 aromatic carbocycles. The molecule has 2 heterocycles. The third-order valence-corrected chi connectivity index (χ3v) is 7.23. The van der Waals surface area contributed by atoms with E-state index in [4.69, 9.17) is 21.1 Å². The summed E-state index contributed by atoms with van der Waals surface area (Å²) in [5.74, 6) is -0.785. The maximum absolute atomic E-state index is 14.3. The molecule has 34 heavy (non-hydrogen) atoms. The molecule has 3 atom stereocenters.